The van der Waals surface area contributed by atoms with Gasteiger partial charge in [-0.25, -0.2) is 4.39 Å². The molecule has 1 aliphatic heterocycles. The lowest BCUT2D eigenvalue weighted by molar-refractivity contribution is 0.501. The largest absolute Gasteiger partial charge is 0.347 e. The molecular formula is C13H15FN2. The number of nitrogens with zero attached hydrogens (tertiary/aromatic N) is 1. The monoisotopic (exact) mass is 218 g/mol. The van der Waals surface area contributed by atoms with Crippen molar-refractivity contribution in [2.24, 2.45) is 7.05 Å². The molecule has 2 aromatic rings. The van der Waals surface area contributed by atoms with E-state index in [2.05, 4.69) is 23.9 Å². The summed E-state index contributed by atoms with van der Waals surface area (Å²) >= 11 is 0. The van der Waals surface area contributed by atoms with Crippen LogP contribution in [0, 0.1) is 5.82 Å². The van der Waals surface area contributed by atoms with E-state index in [0.717, 1.165) is 23.9 Å². The maximum absolute atomic E-state index is 13.3. The molecule has 0 bridgehead atoms. The van der Waals surface area contributed by atoms with Gasteiger partial charge in [-0.1, -0.05) is 0 Å². The lowest BCUT2D eigenvalue weighted by Crippen LogP contribution is -2.33. The van der Waals surface area contributed by atoms with E-state index in [4.69, 9.17) is 0 Å². The molecule has 0 aliphatic carbocycles. The van der Waals surface area contributed by atoms with E-state index >= 15 is 0 Å². The number of hydrogen-bond donors (Lipinski definition) is 1. The molecule has 2 nitrogen and oxygen atoms in total. The van der Waals surface area contributed by atoms with Gasteiger partial charge in [-0.15, -0.1) is 0 Å². The van der Waals surface area contributed by atoms with Crippen molar-refractivity contribution >= 4 is 10.9 Å². The van der Waals surface area contributed by atoms with Gasteiger partial charge >= 0.3 is 0 Å². The molecule has 1 aromatic heterocycles. The van der Waals surface area contributed by atoms with E-state index in [9.17, 15) is 4.39 Å². The van der Waals surface area contributed by atoms with E-state index in [1.54, 1.807) is 6.07 Å². The quantitative estimate of drug-likeness (QED) is 0.718. The number of nitrogens with one attached hydrogen (secondary N) is 1. The topological polar surface area (TPSA) is 17.0 Å². The fourth-order valence-corrected chi connectivity index (χ4v) is 2.64. The highest BCUT2D eigenvalue weighted by molar-refractivity contribution is 5.85. The van der Waals surface area contributed by atoms with E-state index in [1.165, 1.54) is 17.3 Å². The van der Waals surface area contributed by atoms with Crippen LogP contribution in [0.4, 0.5) is 4.39 Å². The lowest BCUT2D eigenvalue weighted by atomic mass is 10.0. The molecule has 0 spiro atoms. The summed E-state index contributed by atoms with van der Waals surface area (Å²) in [6.45, 7) is 3.03. The Morgan fingerprint density at radius 2 is 2.25 bits per heavy atom. The van der Waals surface area contributed by atoms with Gasteiger partial charge in [0.15, 0.2) is 0 Å². The minimum absolute atomic E-state index is 0.153. The Morgan fingerprint density at radius 1 is 1.44 bits per heavy atom. The smallest absolute Gasteiger partial charge is 0.123 e. The van der Waals surface area contributed by atoms with Crippen LogP contribution in [-0.2, 0) is 20.0 Å². The summed E-state index contributed by atoms with van der Waals surface area (Å²) < 4.78 is 15.5. The van der Waals surface area contributed by atoms with Gasteiger partial charge in [0.25, 0.3) is 0 Å². The average molecular weight is 218 g/mol. The Balaban J connectivity index is 2.32. The van der Waals surface area contributed by atoms with Gasteiger partial charge in [0.05, 0.1) is 0 Å². The van der Waals surface area contributed by atoms with Crippen molar-refractivity contribution < 1.29 is 4.39 Å². The summed E-state index contributed by atoms with van der Waals surface area (Å²) in [4.78, 5) is 0. The number of benzene rings is 1. The van der Waals surface area contributed by atoms with E-state index in [-0.39, 0.29) is 5.82 Å². The van der Waals surface area contributed by atoms with Gasteiger partial charge in [-0.2, -0.15) is 0 Å². The Bertz CT molecular complexity index is 557. The zero-order valence-electron chi connectivity index (χ0n) is 9.55. The van der Waals surface area contributed by atoms with Crippen LogP contribution in [0.25, 0.3) is 10.9 Å². The van der Waals surface area contributed by atoms with Crippen LogP contribution in [0.2, 0.25) is 0 Å². The van der Waals surface area contributed by atoms with Crippen molar-refractivity contribution in [2.45, 2.75) is 25.9 Å². The number of rotatable bonds is 0. The Labute approximate surface area is 94.1 Å². The molecule has 0 saturated heterocycles. The van der Waals surface area contributed by atoms with Gasteiger partial charge in [0, 0.05) is 42.7 Å². The molecule has 3 rings (SSSR count). The standard InChI is InChI=1S/C13H15FN2/c1-8-5-13-11(7-15-8)10-6-9(14)3-4-12(10)16(13)2/h3-4,6,8,15H,5,7H2,1-2H3. The summed E-state index contributed by atoms with van der Waals surface area (Å²) in [6, 6.07) is 5.55. The van der Waals surface area contributed by atoms with Crippen LogP contribution >= 0.6 is 0 Å². The van der Waals surface area contributed by atoms with Crippen LogP contribution in [0.1, 0.15) is 18.2 Å². The van der Waals surface area contributed by atoms with E-state index in [0.29, 0.717) is 6.04 Å². The maximum atomic E-state index is 13.3. The van der Waals surface area contributed by atoms with Gasteiger partial charge in [0.1, 0.15) is 5.82 Å². The third-order valence-electron chi connectivity index (χ3n) is 3.53. The van der Waals surface area contributed by atoms with Crippen molar-refractivity contribution in [1.82, 2.24) is 9.88 Å². The first kappa shape index (κ1) is 9.85. The summed E-state index contributed by atoms with van der Waals surface area (Å²) in [5, 5.41) is 4.48. The fourth-order valence-electron chi connectivity index (χ4n) is 2.64. The van der Waals surface area contributed by atoms with Crippen molar-refractivity contribution in [2.75, 3.05) is 0 Å². The average Bonchev–Trinajstić information content (AvgIpc) is 2.52. The second-order valence-corrected chi connectivity index (χ2v) is 4.63. The lowest BCUT2D eigenvalue weighted by Gasteiger charge is -2.21. The van der Waals surface area contributed by atoms with Gasteiger partial charge in [0.2, 0.25) is 0 Å². The molecule has 1 aromatic carbocycles. The Morgan fingerprint density at radius 3 is 3.06 bits per heavy atom. The van der Waals surface area contributed by atoms with Crippen molar-refractivity contribution in [1.29, 1.82) is 0 Å². The maximum Gasteiger partial charge on any atom is 0.123 e. The number of aromatic nitrogens is 1. The number of hydrogen-bond acceptors (Lipinski definition) is 1. The minimum atomic E-state index is -0.153. The van der Waals surface area contributed by atoms with Crippen LogP contribution in [0.15, 0.2) is 18.2 Å². The first-order valence-electron chi connectivity index (χ1n) is 5.66. The SMILES string of the molecule is CC1Cc2c(c3cc(F)ccc3n2C)CN1. The van der Waals surface area contributed by atoms with Crippen LogP contribution in [0.3, 0.4) is 0 Å². The van der Waals surface area contributed by atoms with E-state index in [1.807, 2.05) is 6.07 Å². The highest BCUT2D eigenvalue weighted by Crippen LogP contribution is 2.29. The molecule has 1 unspecified atom stereocenters. The molecule has 0 radical (unpaired) electrons. The molecule has 2 heterocycles. The predicted octanol–water partition coefficient (Wildman–Crippen LogP) is 2.35. The first-order valence-corrected chi connectivity index (χ1v) is 5.66. The zero-order valence-corrected chi connectivity index (χ0v) is 9.55. The summed E-state index contributed by atoms with van der Waals surface area (Å²) in [6.07, 6.45) is 1.02. The third-order valence-corrected chi connectivity index (χ3v) is 3.53. The van der Waals surface area contributed by atoms with Gasteiger partial charge in [-0.05, 0) is 30.7 Å². The predicted molar refractivity (Wildman–Crippen MR) is 62.9 cm³/mol. The third kappa shape index (κ3) is 1.28. The van der Waals surface area contributed by atoms with Crippen LogP contribution in [0.5, 0.6) is 0 Å². The molecule has 3 heteroatoms. The fraction of sp³-hybridized carbons (Fsp3) is 0.385. The second-order valence-electron chi connectivity index (χ2n) is 4.63. The number of aryl methyl sites for hydroxylation is 1. The van der Waals surface area contributed by atoms with Crippen LogP contribution in [-0.4, -0.2) is 10.6 Å². The normalized spacial score (nSPS) is 20.1. The second kappa shape index (κ2) is 3.32. The van der Waals surface area contributed by atoms with Gasteiger partial charge in [-0.3, -0.25) is 0 Å². The molecule has 0 amide bonds. The highest BCUT2D eigenvalue weighted by atomic mass is 19.1. The van der Waals surface area contributed by atoms with Crippen LogP contribution < -0.4 is 5.32 Å². The molecule has 0 fully saturated rings. The molecular weight excluding hydrogens is 203 g/mol. The minimum Gasteiger partial charge on any atom is -0.347 e. The van der Waals surface area contributed by atoms with Crippen molar-refractivity contribution in [3.63, 3.8) is 0 Å². The first-order chi connectivity index (χ1) is 7.66. The Hall–Kier alpha value is -1.35. The molecule has 1 N–H and O–H groups in total. The molecule has 0 saturated carbocycles. The summed E-state index contributed by atoms with van der Waals surface area (Å²) in [5.74, 6) is -0.153. The number of halogens is 1. The van der Waals surface area contributed by atoms with Crippen molar-refractivity contribution in [3.8, 4) is 0 Å². The summed E-state index contributed by atoms with van der Waals surface area (Å²) in [7, 11) is 2.07. The highest BCUT2D eigenvalue weighted by Gasteiger charge is 2.21. The number of fused-ring (bicyclic) bond motifs is 3. The Kier molecular flexibility index (Phi) is 2.04. The molecule has 1 atom stereocenters. The zero-order chi connectivity index (χ0) is 11.3. The summed E-state index contributed by atoms with van der Waals surface area (Å²) in [5.41, 5.74) is 3.73. The van der Waals surface area contributed by atoms with Gasteiger partial charge < -0.3 is 9.88 Å². The van der Waals surface area contributed by atoms with E-state index < -0.39 is 0 Å². The molecule has 1 aliphatic rings. The molecule has 84 valence electrons. The van der Waals surface area contributed by atoms with Crippen molar-refractivity contribution in [3.05, 3.63) is 35.3 Å². The molecule has 16 heavy (non-hydrogen) atoms.